The molecule has 1 aliphatic heterocycles. The number of hydrogen-bond donors (Lipinski definition) is 1. The summed E-state index contributed by atoms with van der Waals surface area (Å²) in [5, 5.41) is 18.5. The van der Waals surface area contributed by atoms with Gasteiger partial charge in [-0.15, -0.1) is 0 Å². The van der Waals surface area contributed by atoms with Crippen LogP contribution in [-0.2, 0) is 6.54 Å². The van der Waals surface area contributed by atoms with Crippen LogP contribution in [0.5, 0.6) is 0 Å². The molecule has 2 aromatic heterocycles. The number of aromatic nitrogens is 1. The highest BCUT2D eigenvalue weighted by Gasteiger charge is 2.23. The van der Waals surface area contributed by atoms with E-state index in [2.05, 4.69) is 11.0 Å². The maximum Gasteiger partial charge on any atom is 0.102 e. The van der Waals surface area contributed by atoms with E-state index in [9.17, 15) is 10.4 Å². The van der Waals surface area contributed by atoms with Crippen molar-refractivity contribution < 1.29 is 5.11 Å². The number of pyridine rings is 1. The summed E-state index contributed by atoms with van der Waals surface area (Å²) in [5.41, 5.74) is 2.82. The molecule has 19 heavy (non-hydrogen) atoms. The molecule has 0 saturated carbocycles. The smallest absolute Gasteiger partial charge is 0.102 e. The fourth-order valence-electron chi connectivity index (χ4n) is 2.87. The quantitative estimate of drug-likeness (QED) is 0.907. The molecule has 4 nitrogen and oxygen atoms in total. The molecule has 0 aliphatic carbocycles. The minimum atomic E-state index is 0.263. The van der Waals surface area contributed by atoms with Crippen molar-refractivity contribution in [3.8, 4) is 6.07 Å². The van der Waals surface area contributed by atoms with Crippen LogP contribution in [0.1, 0.15) is 17.5 Å². The number of aliphatic hydroxyl groups is 1. The molecule has 1 saturated heterocycles. The second-order valence-corrected chi connectivity index (χ2v) is 5.21. The van der Waals surface area contributed by atoms with Crippen LogP contribution < -0.4 is 0 Å². The third-order valence-electron chi connectivity index (χ3n) is 3.90. The monoisotopic (exact) mass is 255 g/mol. The number of likely N-dealkylation sites (tertiary alicyclic amines) is 1. The summed E-state index contributed by atoms with van der Waals surface area (Å²) in [6.45, 7) is 2.98. The average molecular weight is 255 g/mol. The number of rotatable bonds is 3. The van der Waals surface area contributed by atoms with Crippen LogP contribution in [0.3, 0.4) is 0 Å². The van der Waals surface area contributed by atoms with Gasteiger partial charge in [-0.1, -0.05) is 6.07 Å². The van der Waals surface area contributed by atoms with E-state index >= 15 is 0 Å². The summed E-state index contributed by atoms with van der Waals surface area (Å²) < 4.78 is 2.01. The lowest BCUT2D eigenvalue weighted by molar-refractivity contribution is 0.220. The van der Waals surface area contributed by atoms with Gasteiger partial charge in [-0.3, -0.25) is 4.90 Å². The van der Waals surface area contributed by atoms with Crippen LogP contribution >= 0.6 is 0 Å². The fraction of sp³-hybridized carbons (Fsp3) is 0.400. The summed E-state index contributed by atoms with van der Waals surface area (Å²) in [7, 11) is 0. The third kappa shape index (κ3) is 2.23. The molecule has 0 radical (unpaired) electrons. The molecule has 0 spiro atoms. The molecule has 3 rings (SSSR count). The molecule has 3 heterocycles. The van der Waals surface area contributed by atoms with Gasteiger partial charge in [-0.25, -0.2) is 0 Å². The molecule has 0 amide bonds. The Bertz CT molecular complexity index is 626. The van der Waals surface area contributed by atoms with Crippen LogP contribution in [0.4, 0.5) is 0 Å². The molecule has 1 fully saturated rings. The molecule has 1 aliphatic rings. The molecular weight excluding hydrogens is 238 g/mol. The van der Waals surface area contributed by atoms with E-state index in [1.165, 1.54) is 0 Å². The standard InChI is InChI=1S/C15H17N3O/c16-7-14-13(9-17-6-4-12(8-17)11-19)10-18-5-2-1-3-15(14)18/h1-3,5,10,12,19H,4,6,8-9,11H2. The van der Waals surface area contributed by atoms with Crippen molar-refractivity contribution in [1.29, 1.82) is 5.26 Å². The van der Waals surface area contributed by atoms with Gasteiger partial charge in [0.1, 0.15) is 6.07 Å². The van der Waals surface area contributed by atoms with E-state index in [1.54, 1.807) is 0 Å². The molecule has 4 heteroatoms. The Morgan fingerprint density at radius 1 is 1.42 bits per heavy atom. The van der Waals surface area contributed by atoms with E-state index in [1.807, 2.05) is 35.0 Å². The summed E-state index contributed by atoms with van der Waals surface area (Å²) in [6, 6.07) is 8.22. The van der Waals surface area contributed by atoms with Crippen molar-refractivity contribution in [3.63, 3.8) is 0 Å². The topological polar surface area (TPSA) is 51.7 Å². The first-order chi connectivity index (χ1) is 9.31. The highest BCUT2D eigenvalue weighted by Crippen LogP contribution is 2.23. The lowest BCUT2D eigenvalue weighted by Gasteiger charge is -2.14. The maximum absolute atomic E-state index is 9.36. The van der Waals surface area contributed by atoms with Crippen molar-refractivity contribution >= 4 is 5.52 Å². The Morgan fingerprint density at radius 2 is 2.32 bits per heavy atom. The normalized spacial score (nSPS) is 19.9. The highest BCUT2D eigenvalue weighted by atomic mass is 16.3. The van der Waals surface area contributed by atoms with Crippen molar-refractivity contribution in [2.75, 3.05) is 19.7 Å². The van der Waals surface area contributed by atoms with Gasteiger partial charge in [0.2, 0.25) is 0 Å². The van der Waals surface area contributed by atoms with Crippen LogP contribution in [0.15, 0.2) is 30.6 Å². The van der Waals surface area contributed by atoms with Crippen molar-refractivity contribution in [2.45, 2.75) is 13.0 Å². The van der Waals surface area contributed by atoms with E-state index < -0.39 is 0 Å². The zero-order valence-corrected chi connectivity index (χ0v) is 10.8. The summed E-state index contributed by atoms with van der Waals surface area (Å²) in [4.78, 5) is 2.32. The summed E-state index contributed by atoms with van der Waals surface area (Å²) in [6.07, 6.45) is 5.06. The van der Waals surface area contributed by atoms with Gasteiger partial charge < -0.3 is 9.51 Å². The van der Waals surface area contributed by atoms with Crippen molar-refractivity contribution in [3.05, 3.63) is 41.7 Å². The second kappa shape index (κ2) is 5.04. The van der Waals surface area contributed by atoms with Gasteiger partial charge in [-0.05, 0) is 31.0 Å². The summed E-state index contributed by atoms with van der Waals surface area (Å²) >= 11 is 0. The van der Waals surface area contributed by atoms with Gasteiger partial charge in [-0.2, -0.15) is 5.26 Å². The fourth-order valence-corrected chi connectivity index (χ4v) is 2.87. The first-order valence-corrected chi connectivity index (χ1v) is 6.63. The van der Waals surface area contributed by atoms with Crippen LogP contribution in [0.2, 0.25) is 0 Å². The largest absolute Gasteiger partial charge is 0.396 e. The number of nitriles is 1. The SMILES string of the molecule is N#Cc1c(CN2CCC(CO)C2)cn2ccccc12. The van der Waals surface area contributed by atoms with Crippen LogP contribution in [-0.4, -0.2) is 34.1 Å². The third-order valence-corrected chi connectivity index (χ3v) is 3.90. The maximum atomic E-state index is 9.36. The van der Waals surface area contributed by atoms with E-state index in [0.29, 0.717) is 5.92 Å². The van der Waals surface area contributed by atoms with E-state index in [-0.39, 0.29) is 6.61 Å². The Balaban J connectivity index is 1.87. The van der Waals surface area contributed by atoms with Crippen LogP contribution in [0, 0.1) is 17.2 Å². The number of aliphatic hydroxyl groups excluding tert-OH is 1. The second-order valence-electron chi connectivity index (χ2n) is 5.21. The lowest BCUT2D eigenvalue weighted by Crippen LogP contribution is -2.21. The number of hydrogen-bond acceptors (Lipinski definition) is 3. The molecule has 0 aromatic carbocycles. The van der Waals surface area contributed by atoms with Gasteiger partial charge in [0.15, 0.2) is 0 Å². The zero-order valence-electron chi connectivity index (χ0n) is 10.8. The molecule has 1 N–H and O–H groups in total. The Hall–Kier alpha value is -1.83. The van der Waals surface area contributed by atoms with Gasteiger partial charge in [0.25, 0.3) is 0 Å². The average Bonchev–Trinajstić information content (AvgIpc) is 3.02. The van der Waals surface area contributed by atoms with Gasteiger partial charge in [0, 0.05) is 37.7 Å². The molecule has 2 aromatic rings. The van der Waals surface area contributed by atoms with E-state index in [4.69, 9.17) is 0 Å². The minimum Gasteiger partial charge on any atom is -0.396 e. The predicted octanol–water partition coefficient (Wildman–Crippen LogP) is 1.63. The van der Waals surface area contributed by atoms with Crippen molar-refractivity contribution in [1.82, 2.24) is 9.30 Å². The summed E-state index contributed by atoms with van der Waals surface area (Å²) in [5.74, 6) is 0.391. The minimum absolute atomic E-state index is 0.263. The Morgan fingerprint density at radius 3 is 3.05 bits per heavy atom. The Labute approximate surface area is 112 Å². The molecule has 98 valence electrons. The molecule has 1 atom stereocenters. The first kappa shape index (κ1) is 12.2. The zero-order chi connectivity index (χ0) is 13.2. The lowest BCUT2D eigenvalue weighted by atomic mass is 10.1. The predicted molar refractivity (Wildman–Crippen MR) is 72.6 cm³/mol. The Kier molecular flexibility index (Phi) is 3.24. The molecular formula is C15H17N3O. The molecule has 1 unspecified atom stereocenters. The number of fused-ring (bicyclic) bond motifs is 1. The van der Waals surface area contributed by atoms with Gasteiger partial charge >= 0.3 is 0 Å². The van der Waals surface area contributed by atoms with Crippen LogP contribution in [0.25, 0.3) is 5.52 Å². The van der Waals surface area contributed by atoms with E-state index in [0.717, 1.165) is 42.7 Å². The highest BCUT2D eigenvalue weighted by molar-refractivity contribution is 5.65. The molecule has 0 bridgehead atoms. The first-order valence-electron chi connectivity index (χ1n) is 6.63. The van der Waals surface area contributed by atoms with Gasteiger partial charge in [0.05, 0.1) is 11.1 Å². The number of nitrogens with zero attached hydrogens (tertiary/aromatic N) is 3. The van der Waals surface area contributed by atoms with Crippen molar-refractivity contribution in [2.24, 2.45) is 5.92 Å².